The molecule has 0 unspecified atom stereocenters. The number of hydrogen-bond donors (Lipinski definition) is 0. The minimum absolute atomic E-state index is 0.273. The number of hydrogen-bond acceptors (Lipinski definition) is 3. The topological polar surface area (TPSA) is 43.6 Å². The SMILES string of the molecule is COC(=O)c1cccc(-c2ccn3nc(-c4ccc(F)cc4)cc3c2)c1. The molecule has 0 aliphatic rings. The highest BCUT2D eigenvalue weighted by atomic mass is 19.1. The first-order valence-electron chi connectivity index (χ1n) is 8.08. The predicted molar refractivity (Wildman–Crippen MR) is 97.4 cm³/mol. The van der Waals surface area contributed by atoms with Gasteiger partial charge in [-0.05, 0) is 65.7 Å². The highest BCUT2D eigenvalue weighted by molar-refractivity contribution is 5.91. The number of carbonyl (C=O) groups is 1. The van der Waals surface area contributed by atoms with Gasteiger partial charge in [0, 0.05) is 11.8 Å². The fourth-order valence-corrected chi connectivity index (χ4v) is 2.88. The van der Waals surface area contributed by atoms with Gasteiger partial charge < -0.3 is 4.74 Å². The summed E-state index contributed by atoms with van der Waals surface area (Å²) in [4.78, 5) is 11.7. The molecular weight excluding hydrogens is 331 g/mol. The third-order valence-electron chi connectivity index (χ3n) is 4.22. The van der Waals surface area contributed by atoms with E-state index < -0.39 is 0 Å². The van der Waals surface area contributed by atoms with Crippen molar-refractivity contribution < 1.29 is 13.9 Å². The normalized spacial score (nSPS) is 10.8. The fourth-order valence-electron chi connectivity index (χ4n) is 2.88. The van der Waals surface area contributed by atoms with Crippen LogP contribution in [0.4, 0.5) is 4.39 Å². The molecule has 4 rings (SSSR count). The lowest BCUT2D eigenvalue weighted by Crippen LogP contribution is -2.00. The Morgan fingerprint density at radius 1 is 0.962 bits per heavy atom. The summed E-state index contributed by atoms with van der Waals surface area (Å²) in [5.41, 5.74) is 4.92. The van der Waals surface area contributed by atoms with Crippen molar-refractivity contribution in [1.29, 1.82) is 0 Å². The number of nitrogens with zero attached hydrogens (tertiary/aromatic N) is 2. The summed E-state index contributed by atoms with van der Waals surface area (Å²) in [5, 5.41) is 4.53. The first-order valence-corrected chi connectivity index (χ1v) is 8.08. The maximum absolute atomic E-state index is 13.1. The number of aromatic nitrogens is 2. The van der Waals surface area contributed by atoms with Crippen LogP contribution in [0.3, 0.4) is 0 Å². The van der Waals surface area contributed by atoms with Crippen LogP contribution >= 0.6 is 0 Å². The van der Waals surface area contributed by atoms with Gasteiger partial charge in [-0.3, -0.25) is 0 Å². The van der Waals surface area contributed by atoms with Crippen LogP contribution in [0, 0.1) is 5.82 Å². The fraction of sp³-hybridized carbons (Fsp3) is 0.0476. The molecule has 0 N–H and O–H groups in total. The molecule has 2 heterocycles. The summed E-state index contributed by atoms with van der Waals surface area (Å²) in [5.74, 6) is -0.638. The van der Waals surface area contributed by atoms with Crippen LogP contribution in [0.2, 0.25) is 0 Å². The maximum Gasteiger partial charge on any atom is 0.337 e. The van der Waals surface area contributed by atoms with E-state index in [2.05, 4.69) is 5.10 Å². The van der Waals surface area contributed by atoms with Gasteiger partial charge in [-0.2, -0.15) is 5.10 Å². The Morgan fingerprint density at radius 3 is 2.50 bits per heavy atom. The molecule has 2 aromatic carbocycles. The van der Waals surface area contributed by atoms with Crippen LogP contribution in [0.15, 0.2) is 72.9 Å². The number of methoxy groups -OCH3 is 1. The van der Waals surface area contributed by atoms with Gasteiger partial charge in [0.1, 0.15) is 5.82 Å². The van der Waals surface area contributed by atoms with Crippen molar-refractivity contribution in [2.24, 2.45) is 0 Å². The second-order valence-corrected chi connectivity index (χ2v) is 5.89. The largest absolute Gasteiger partial charge is 0.465 e. The number of rotatable bonds is 3. The smallest absolute Gasteiger partial charge is 0.337 e. The minimum atomic E-state index is -0.365. The second kappa shape index (κ2) is 6.44. The van der Waals surface area contributed by atoms with Crippen LogP contribution in [0.1, 0.15) is 10.4 Å². The molecule has 0 saturated heterocycles. The van der Waals surface area contributed by atoms with Crippen LogP contribution in [0.5, 0.6) is 0 Å². The quantitative estimate of drug-likeness (QED) is 0.510. The average molecular weight is 346 g/mol. The molecule has 26 heavy (non-hydrogen) atoms. The molecule has 0 bridgehead atoms. The van der Waals surface area contributed by atoms with Crippen LogP contribution in [0.25, 0.3) is 27.9 Å². The molecule has 4 aromatic rings. The monoisotopic (exact) mass is 346 g/mol. The van der Waals surface area contributed by atoms with Gasteiger partial charge in [-0.1, -0.05) is 12.1 Å². The van der Waals surface area contributed by atoms with Gasteiger partial charge in [0.25, 0.3) is 0 Å². The van der Waals surface area contributed by atoms with E-state index in [9.17, 15) is 9.18 Å². The lowest BCUT2D eigenvalue weighted by molar-refractivity contribution is 0.0601. The van der Waals surface area contributed by atoms with Crippen LogP contribution in [-0.2, 0) is 4.74 Å². The summed E-state index contributed by atoms with van der Waals surface area (Å²) < 4.78 is 19.7. The average Bonchev–Trinajstić information content (AvgIpc) is 3.11. The van der Waals surface area contributed by atoms with Crippen molar-refractivity contribution >= 4 is 11.5 Å². The molecule has 0 atom stereocenters. The van der Waals surface area contributed by atoms with Gasteiger partial charge in [-0.25, -0.2) is 13.7 Å². The number of carbonyl (C=O) groups excluding carboxylic acids is 1. The molecule has 128 valence electrons. The Kier molecular flexibility index (Phi) is 3.97. The van der Waals surface area contributed by atoms with Gasteiger partial charge in [0.05, 0.1) is 23.9 Å². The van der Waals surface area contributed by atoms with E-state index in [1.165, 1.54) is 19.2 Å². The van der Waals surface area contributed by atoms with Crippen molar-refractivity contribution in [3.05, 3.63) is 84.3 Å². The molecule has 0 spiro atoms. The lowest BCUT2D eigenvalue weighted by Gasteiger charge is -2.05. The summed E-state index contributed by atoms with van der Waals surface area (Å²) in [7, 11) is 1.37. The van der Waals surface area contributed by atoms with Gasteiger partial charge in [0.2, 0.25) is 0 Å². The Hall–Kier alpha value is -3.47. The molecule has 0 saturated carbocycles. The standard InChI is InChI=1S/C21H15FN2O2/c1-26-21(25)17-4-2-3-15(11-17)16-9-10-24-19(12-16)13-20(23-24)14-5-7-18(22)8-6-14/h2-13H,1H3. The number of pyridine rings is 1. The van der Waals surface area contributed by atoms with E-state index in [-0.39, 0.29) is 11.8 Å². The van der Waals surface area contributed by atoms with Crippen LogP contribution < -0.4 is 0 Å². The van der Waals surface area contributed by atoms with E-state index in [0.29, 0.717) is 5.56 Å². The molecule has 0 aliphatic heterocycles. The predicted octanol–water partition coefficient (Wildman–Crippen LogP) is 4.59. The Bertz CT molecular complexity index is 1100. The van der Waals surface area contributed by atoms with Crippen molar-refractivity contribution in [2.45, 2.75) is 0 Å². The number of halogens is 1. The summed E-state index contributed by atoms with van der Waals surface area (Å²) in [6.07, 6.45) is 1.86. The summed E-state index contributed by atoms with van der Waals surface area (Å²) in [6, 6.07) is 19.4. The van der Waals surface area contributed by atoms with Gasteiger partial charge >= 0.3 is 5.97 Å². The van der Waals surface area contributed by atoms with Gasteiger partial charge in [-0.15, -0.1) is 0 Å². The Balaban J connectivity index is 1.74. The zero-order valence-corrected chi connectivity index (χ0v) is 14.0. The third-order valence-corrected chi connectivity index (χ3v) is 4.22. The van der Waals surface area contributed by atoms with E-state index in [0.717, 1.165) is 27.9 Å². The lowest BCUT2D eigenvalue weighted by atomic mass is 10.0. The van der Waals surface area contributed by atoms with Crippen molar-refractivity contribution in [3.8, 4) is 22.4 Å². The number of esters is 1. The molecule has 0 amide bonds. The number of ether oxygens (including phenoxy) is 1. The molecule has 2 aromatic heterocycles. The van der Waals surface area contributed by atoms with E-state index in [1.54, 1.807) is 28.8 Å². The molecule has 0 radical (unpaired) electrons. The highest BCUT2D eigenvalue weighted by Crippen LogP contribution is 2.25. The molecule has 0 fully saturated rings. The van der Waals surface area contributed by atoms with Crippen molar-refractivity contribution in [1.82, 2.24) is 9.61 Å². The Morgan fingerprint density at radius 2 is 1.73 bits per heavy atom. The second-order valence-electron chi connectivity index (χ2n) is 5.89. The maximum atomic E-state index is 13.1. The first kappa shape index (κ1) is 16.0. The van der Waals surface area contributed by atoms with E-state index >= 15 is 0 Å². The summed E-state index contributed by atoms with van der Waals surface area (Å²) >= 11 is 0. The molecule has 4 nitrogen and oxygen atoms in total. The van der Waals surface area contributed by atoms with Crippen molar-refractivity contribution in [3.63, 3.8) is 0 Å². The zero-order chi connectivity index (χ0) is 18.1. The van der Waals surface area contributed by atoms with E-state index in [1.807, 2.05) is 36.5 Å². The highest BCUT2D eigenvalue weighted by Gasteiger charge is 2.09. The number of benzene rings is 2. The molecule has 5 heteroatoms. The first-order chi connectivity index (χ1) is 12.6. The van der Waals surface area contributed by atoms with Crippen LogP contribution in [-0.4, -0.2) is 22.7 Å². The van der Waals surface area contributed by atoms with Gasteiger partial charge in [0.15, 0.2) is 0 Å². The molecule has 0 aliphatic carbocycles. The molecular formula is C21H15FN2O2. The Labute approximate surface area is 149 Å². The van der Waals surface area contributed by atoms with E-state index in [4.69, 9.17) is 4.74 Å². The number of fused-ring (bicyclic) bond motifs is 1. The summed E-state index contributed by atoms with van der Waals surface area (Å²) in [6.45, 7) is 0. The zero-order valence-electron chi connectivity index (χ0n) is 14.0. The third kappa shape index (κ3) is 2.95. The minimum Gasteiger partial charge on any atom is -0.465 e. The van der Waals surface area contributed by atoms with Crippen molar-refractivity contribution in [2.75, 3.05) is 7.11 Å².